The molecule has 0 aromatic heterocycles. The number of carbonyl (C=O) groups is 1. The van der Waals surface area contributed by atoms with E-state index < -0.39 is 21.4 Å². The van der Waals surface area contributed by atoms with E-state index in [2.05, 4.69) is 10.9 Å². The third-order valence-electron chi connectivity index (χ3n) is 4.67. The third kappa shape index (κ3) is 3.79. The Bertz CT molecular complexity index is 694. The summed E-state index contributed by atoms with van der Waals surface area (Å²) in [4.78, 5) is 13.7. The molecule has 0 spiro atoms. The third-order valence-corrected chi connectivity index (χ3v) is 7.26. The Hall–Kier alpha value is -1.68. The molecule has 2 atom stereocenters. The molecule has 1 aromatic carbocycles. The number of rotatable bonds is 3. The van der Waals surface area contributed by atoms with Crippen molar-refractivity contribution in [3.63, 3.8) is 0 Å². The van der Waals surface area contributed by atoms with Crippen molar-refractivity contribution in [3.8, 4) is 5.75 Å². The average molecular weight is 368 g/mol. The van der Waals surface area contributed by atoms with Crippen molar-refractivity contribution in [1.82, 2.24) is 20.1 Å². The fraction of sp³-hybridized carbons (Fsp3) is 0.562. The average Bonchev–Trinajstić information content (AvgIpc) is 2.95. The predicted molar refractivity (Wildman–Crippen MR) is 93.5 cm³/mol. The van der Waals surface area contributed by atoms with Crippen LogP contribution in [0.25, 0.3) is 0 Å². The lowest BCUT2D eigenvalue weighted by atomic mass is 10.2. The quantitative estimate of drug-likeness (QED) is 0.802. The Balaban J connectivity index is 1.59. The van der Waals surface area contributed by atoms with Gasteiger partial charge in [0, 0.05) is 38.3 Å². The number of para-hydroxylation sites is 1. The van der Waals surface area contributed by atoms with E-state index in [4.69, 9.17) is 4.74 Å². The zero-order valence-electron chi connectivity index (χ0n) is 14.4. The largest absolute Gasteiger partial charge is 0.415 e. The van der Waals surface area contributed by atoms with E-state index in [0.717, 1.165) is 0 Å². The van der Waals surface area contributed by atoms with Gasteiger partial charge in [-0.25, -0.2) is 13.2 Å². The molecule has 138 valence electrons. The highest BCUT2D eigenvalue weighted by Gasteiger charge is 2.44. The van der Waals surface area contributed by atoms with Crippen LogP contribution in [0.2, 0.25) is 0 Å². The Kier molecular flexibility index (Phi) is 5.28. The predicted octanol–water partition coefficient (Wildman–Crippen LogP) is 0.386. The van der Waals surface area contributed by atoms with E-state index in [-0.39, 0.29) is 25.2 Å². The molecule has 2 aliphatic heterocycles. The number of carbonyl (C=O) groups excluding carboxylic acids is 1. The molecule has 2 aliphatic rings. The maximum absolute atomic E-state index is 12.9. The molecule has 2 unspecified atom stereocenters. The van der Waals surface area contributed by atoms with Gasteiger partial charge >= 0.3 is 6.09 Å². The van der Waals surface area contributed by atoms with Gasteiger partial charge in [0.25, 0.3) is 0 Å². The Morgan fingerprint density at radius 3 is 2.16 bits per heavy atom. The molecule has 8 nitrogen and oxygen atoms in total. The van der Waals surface area contributed by atoms with E-state index in [9.17, 15) is 13.2 Å². The molecule has 0 saturated carbocycles. The summed E-state index contributed by atoms with van der Waals surface area (Å²) in [6, 6.07) is 8.51. The van der Waals surface area contributed by atoms with Crippen LogP contribution in [0.15, 0.2) is 30.3 Å². The van der Waals surface area contributed by atoms with Crippen molar-refractivity contribution in [2.24, 2.45) is 0 Å². The van der Waals surface area contributed by atoms with Gasteiger partial charge in [0.2, 0.25) is 10.0 Å². The standard InChI is InChI=1S/C16H24N4O4S/c1-12-15(13(2)18-17-12)25(22,23)20-10-8-19(9-11-20)16(21)24-14-6-4-3-5-7-14/h3-7,12-13,15,17-18H,8-11H2,1-2H3. The van der Waals surface area contributed by atoms with Crippen molar-refractivity contribution >= 4 is 16.1 Å². The molecule has 2 heterocycles. The topological polar surface area (TPSA) is 91.0 Å². The maximum Gasteiger partial charge on any atom is 0.415 e. The van der Waals surface area contributed by atoms with Crippen molar-refractivity contribution in [2.45, 2.75) is 31.2 Å². The molecule has 0 bridgehead atoms. The minimum atomic E-state index is -3.44. The number of hydrogen-bond acceptors (Lipinski definition) is 6. The number of hydrogen-bond donors (Lipinski definition) is 2. The van der Waals surface area contributed by atoms with E-state index in [1.165, 1.54) is 9.21 Å². The fourth-order valence-electron chi connectivity index (χ4n) is 3.33. The van der Waals surface area contributed by atoms with Gasteiger partial charge in [0.1, 0.15) is 11.0 Å². The van der Waals surface area contributed by atoms with Gasteiger partial charge in [0.05, 0.1) is 0 Å². The first-order chi connectivity index (χ1) is 11.9. The maximum atomic E-state index is 12.9. The zero-order valence-corrected chi connectivity index (χ0v) is 15.2. The lowest BCUT2D eigenvalue weighted by Gasteiger charge is -2.35. The monoisotopic (exact) mass is 368 g/mol. The normalized spacial score (nSPS) is 28.1. The second kappa shape index (κ2) is 7.28. The van der Waals surface area contributed by atoms with Crippen LogP contribution in [-0.4, -0.2) is 67.2 Å². The molecule has 1 amide bonds. The number of piperazine rings is 1. The number of nitrogens with one attached hydrogen (secondary N) is 2. The summed E-state index contributed by atoms with van der Waals surface area (Å²) in [5.41, 5.74) is 5.96. The summed E-state index contributed by atoms with van der Waals surface area (Å²) in [5, 5.41) is -0.518. The second-order valence-electron chi connectivity index (χ2n) is 6.44. The summed E-state index contributed by atoms with van der Waals surface area (Å²) < 4.78 is 32.6. The van der Waals surface area contributed by atoms with Crippen molar-refractivity contribution in [2.75, 3.05) is 26.2 Å². The molecule has 2 N–H and O–H groups in total. The number of sulfonamides is 1. The highest BCUT2D eigenvalue weighted by atomic mass is 32.2. The van der Waals surface area contributed by atoms with Gasteiger partial charge < -0.3 is 9.64 Å². The van der Waals surface area contributed by atoms with Gasteiger partial charge in [-0.15, -0.1) is 0 Å². The molecule has 1 aromatic rings. The first kappa shape index (κ1) is 18.1. The van der Waals surface area contributed by atoms with Crippen molar-refractivity contribution < 1.29 is 17.9 Å². The molecule has 2 fully saturated rings. The molecular weight excluding hydrogens is 344 g/mol. The number of hydrazine groups is 1. The lowest BCUT2D eigenvalue weighted by molar-refractivity contribution is 0.132. The minimum absolute atomic E-state index is 0.166. The zero-order chi connectivity index (χ0) is 18.0. The molecule has 9 heteroatoms. The lowest BCUT2D eigenvalue weighted by Crippen LogP contribution is -2.55. The van der Waals surface area contributed by atoms with Crippen LogP contribution >= 0.6 is 0 Å². The van der Waals surface area contributed by atoms with Crippen LogP contribution in [0.5, 0.6) is 5.75 Å². The molecule has 0 radical (unpaired) electrons. The number of ether oxygens (including phenoxy) is 1. The molecular formula is C16H24N4O4S. The number of amides is 1. The van der Waals surface area contributed by atoms with Gasteiger partial charge in [-0.2, -0.15) is 4.31 Å². The van der Waals surface area contributed by atoms with Gasteiger partial charge in [-0.1, -0.05) is 18.2 Å². The van der Waals surface area contributed by atoms with E-state index >= 15 is 0 Å². The van der Waals surface area contributed by atoms with Crippen molar-refractivity contribution in [1.29, 1.82) is 0 Å². The fourth-order valence-corrected chi connectivity index (χ4v) is 5.51. The van der Waals surface area contributed by atoms with Crippen LogP contribution in [0.3, 0.4) is 0 Å². The summed E-state index contributed by atoms with van der Waals surface area (Å²) in [6.07, 6.45) is -0.450. The summed E-state index contributed by atoms with van der Waals surface area (Å²) in [6.45, 7) is 4.91. The summed E-state index contributed by atoms with van der Waals surface area (Å²) in [5.74, 6) is 0.480. The highest BCUT2D eigenvalue weighted by molar-refractivity contribution is 7.89. The van der Waals surface area contributed by atoms with Gasteiger partial charge in [-0.3, -0.25) is 10.9 Å². The van der Waals surface area contributed by atoms with Gasteiger partial charge in [0.15, 0.2) is 0 Å². The van der Waals surface area contributed by atoms with E-state index in [0.29, 0.717) is 18.8 Å². The SMILES string of the molecule is CC1NNC(C)C1S(=O)(=O)N1CCN(C(=O)Oc2ccccc2)CC1. The first-order valence-corrected chi connectivity index (χ1v) is 9.92. The van der Waals surface area contributed by atoms with Gasteiger partial charge in [-0.05, 0) is 26.0 Å². The smallest absolute Gasteiger partial charge is 0.410 e. The van der Waals surface area contributed by atoms with Crippen LogP contribution in [0, 0.1) is 0 Å². The van der Waals surface area contributed by atoms with Crippen LogP contribution in [0.1, 0.15) is 13.8 Å². The Morgan fingerprint density at radius 2 is 1.60 bits per heavy atom. The highest BCUT2D eigenvalue weighted by Crippen LogP contribution is 2.21. The minimum Gasteiger partial charge on any atom is -0.410 e. The van der Waals surface area contributed by atoms with Crippen LogP contribution in [-0.2, 0) is 10.0 Å². The Morgan fingerprint density at radius 1 is 1.04 bits per heavy atom. The van der Waals surface area contributed by atoms with Crippen molar-refractivity contribution in [3.05, 3.63) is 30.3 Å². The molecule has 2 saturated heterocycles. The number of nitrogens with zero attached hydrogens (tertiary/aromatic N) is 2. The first-order valence-electron chi connectivity index (χ1n) is 8.41. The molecule has 25 heavy (non-hydrogen) atoms. The molecule has 3 rings (SSSR count). The summed E-state index contributed by atoms with van der Waals surface area (Å²) >= 11 is 0. The second-order valence-corrected chi connectivity index (χ2v) is 8.53. The summed E-state index contributed by atoms with van der Waals surface area (Å²) in [7, 11) is -3.44. The number of benzene rings is 1. The molecule has 0 aliphatic carbocycles. The Labute approximate surface area is 148 Å². The van der Waals surface area contributed by atoms with E-state index in [1.54, 1.807) is 24.3 Å². The van der Waals surface area contributed by atoms with Crippen LogP contribution in [0.4, 0.5) is 4.79 Å². The van der Waals surface area contributed by atoms with Crippen LogP contribution < -0.4 is 15.6 Å². The van der Waals surface area contributed by atoms with E-state index in [1.807, 2.05) is 19.9 Å².